The van der Waals surface area contributed by atoms with E-state index in [1.165, 1.54) is 11.3 Å². The third-order valence-corrected chi connectivity index (χ3v) is 5.36. The molecule has 138 valence electrons. The Morgan fingerprint density at radius 2 is 2.31 bits per heavy atom. The number of carbonyl (C=O) groups is 2. The number of nitrogens with zero attached hydrogens (tertiary/aromatic N) is 1. The Balaban J connectivity index is 1.55. The number of carbonyl (C=O) groups excluding carboxylic acids is 2. The zero-order valence-corrected chi connectivity index (χ0v) is 15.9. The van der Waals surface area contributed by atoms with Crippen LogP contribution in [0.5, 0.6) is 0 Å². The first-order chi connectivity index (χ1) is 12.5. The largest absolute Gasteiger partial charge is 0.451 e. The maximum Gasteiger partial charge on any atom is 0.350 e. The second-order valence-corrected chi connectivity index (χ2v) is 7.39. The summed E-state index contributed by atoms with van der Waals surface area (Å²) >= 11 is 7.22. The van der Waals surface area contributed by atoms with Gasteiger partial charge in [0, 0.05) is 23.7 Å². The van der Waals surface area contributed by atoms with Crippen LogP contribution >= 0.6 is 22.9 Å². The first-order valence-corrected chi connectivity index (χ1v) is 9.51. The van der Waals surface area contributed by atoms with Gasteiger partial charge >= 0.3 is 5.97 Å². The number of hydrogen-bond acceptors (Lipinski definition) is 6. The van der Waals surface area contributed by atoms with E-state index in [2.05, 4.69) is 10.3 Å². The van der Waals surface area contributed by atoms with Crippen LogP contribution < -0.4 is 5.32 Å². The van der Waals surface area contributed by atoms with Gasteiger partial charge in [-0.3, -0.25) is 4.79 Å². The zero-order chi connectivity index (χ0) is 18.5. The van der Waals surface area contributed by atoms with Crippen molar-refractivity contribution in [2.45, 2.75) is 25.9 Å². The highest BCUT2D eigenvalue weighted by molar-refractivity contribution is 7.17. The number of aryl methyl sites for hydroxylation is 1. The molecule has 1 N–H and O–H groups in total. The van der Waals surface area contributed by atoms with E-state index in [1.54, 1.807) is 19.1 Å². The summed E-state index contributed by atoms with van der Waals surface area (Å²) in [7, 11) is 0. The van der Waals surface area contributed by atoms with Crippen molar-refractivity contribution < 1.29 is 19.1 Å². The molecule has 1 atom stereocenters. The van der Waals surface area contributed by atoms with Crippen LogP contribution in [0, 0.1) is 6.92 Å². The fourth-order valence-corrected chi connectivity index (χ4v) is 3.76. The number of rotatable bonds is 6. The third-order valence-electron chi connectivity index (χ3n) is 3.94. The number of halogens is 1. The van der Waals surface area contributed by atoms with Gasteiger partial charge in [-0.1, -0.05) is 23.7 Å². The van der Waals surface area contributed by atoms with E-state index in [0.717, 1.165) is 25.0 Å². The van der Waals surface area contributed by atoms with Crippen LogP contribution in [0.3, 0.4) is 0 Å². The van der Waals surface area contributed by atoms with Crippen molar-refractivity contribution in [3.63, 3.8) is 0 Å². The van der Waals surface area contributed by atoms with E-state index in [0.29, 0.717) is 27.1 Å². The molecule has 0 spiro atoms. The first kappa shape index (κ1) is 18.8. The third kappa shape index (κ3) is 4.81. The van der Waals surface area contributed by atoms with Crippen LogP contribution in [0.2, 0.25) is 5.02 Å². The van der Waals surface area contributed by atoms with Crippen LogP contribution in [-0.4, -0.2) is 42.7 Å². The molecule has 0 bridgehead atoms. The lowest BCUT2D eigenvalue weighted by atomic mass is 10.2. The molecule has 1 saturated heterocycles. The average Bonchev–Trinajstić information content (AvgIpc) is 3.27. The number of aromatic nitrogens is 1. The summed E-state index contributed by atoms with van der Waals surface area (Å²) < 4.78 is 10.5. The molecule has 0 saturated carbocycles. The van der Waals surface area contributed by atoms with E-state index >= 15 is 0 Å². The van der Waals surface area contributed by atoms with Crippen molar-refractivity contribution in [1.82, 2.24) is 10.3 Å². The smallest absolute Gasteiger partial charge is 0.350 e. The Morgan fingerprint density at radius 1 is 1.46 bits per heavy atom. The highest BCUT2D eigenvalue weighted by atomic mass is 35.5. The molecule has 26 heavy (non-hydrogen) atoms. The van der Waals surface area contributed by atoms with Crippen LogP contribution in [0.4, 0.5) is 0 Å². The molecule has 0 unspecified atom stereocenters. The summed E-state index contributed by atoms with van der Waals surface area (Å²) in [5.74, 6) is -0.897. The van der Waals surface area contributed by atoms with Gasteiger partial charge in [0.2, 0.25) is 0 Å². The molecule has 6 nitrogen and oxygen atoms in total. The van der Waals surface area contributed by atoms with Crippen molar-refractivity contribution in [2.24, 2.45) is 0 Å². The van der Waals surface area contributed by atoms with Crippen LogP contribution in [0.1, 0.15) is 28.2 Å². The molecule has 2 heterocycles. The van der Waals surface area contributed by atoms with Gasteiger partial charge in [0.05, 0.1) is 11.8 Å². The molecule has 1 aliphatic heterocycles. The summed E-state index contributed by atoms with van der Waals surface area (Å²) in [4.78, 5) is 28.9. The Hall–Kier alpha value is -1.96. The summed E-state index contributed by atoms with van der Waals surface area (Å²) in [6, 6.07) is 7.26. The van der Waals surface area contributed by atoms with Gasteiger partial charge < -0.3 is 14.8 Å². The van der Waals surface area contributed by atoms with E-state index < -0.39 is 5.97 Å². The number of ether oxygens (including phenoxy) is 2. The lowest BCUT2D eigenvalue weighted by Gasteiger charge is -2.10. The van der Waals surface area contributed by atoms with Gasteiger partial charge in [0.1, 0.15) is 9.88 Å². The monoisotopic (exact) mass is 394 g/mol. The van der Waals surface area contributed by atoms with Crippen LogP contribution in [0.15, 0.2) is 24.3 Å². The summed E-state index contributed by atoms with van der Waals surface area (Å²) in [6.07, 6.45) is 2.00. The standard InChI is InChI=1S/C18H19ClN2O4S/c1-11-16(26-17(21-11)12-4-2-5-13(19)8-12)18(23)25-10-15(22)20-9-14-6-3-7-24-14/h2,4-5,8,14H,3,6-7,9-10H2,1H3,(H,20,22)/t14-/m0/s1. The maximum atomic E-state index is 12.3. The minimum absolute atomic E-state index is 0.0543. The van der Waals surface area contributed by atoms with Crippen molar-refractivity contribution in [3.8, 4) is 10.6 Å². The number of nitrogens with one attached hydrogen (secondary N) is 1. The SMILES string of the molecule is Cc1nc(-c2cccc(Cl)c2)sc1C(=O)OCC(=O)NC[C@@H]1CCCO1. The molecule has 0 radical (unpaired) electrons. The molecule has 3 rings (SSSR count). The Labute approximate surface area is 160 Å². The Morgan fingerprint density at radius 3 is 3.04 bits per heavy atom. The van der Waals surface area contributed by atoms with E-state index in [-0.39, 0.29) is 18.6 Å². The molecular weight excluding hydrogens is 376 g/mol. The predicted molar refractivity (Wildman–Crippen MR) is 99.6 cm³/mol. The van der Waals surface area contributed by atoms with Crippen LogP contribution in [0.25, 0.3) is 10.6 Å². The fourth-order valence-electron chi connectivity index (χ4n) is 2.61. The van der Waals surface area contributed by atoms with E-state index in [9.17, 15) is 9.59 Å². The molecule has 2 aromatic rings. The number of benzene rings is 1. The minimum atomic E-state index is -0.555. The highest BCUT2D eigenvalue weighted by Gasteiger charge is 2.20. The molecule has 1 fully saturated rings. The van der Waals surface area contributed by atoms with Gasteiger partial charge in [0.25, 0.3) is 5.91 Å². The Kier molecular flexibility index (Phi) is 6.24. The van der Waals surface area contributed by atoms with Gasteiger partial charge in [-0.25, -0.2) is 9.78 Å². The topological polar surface area (TPSA) is 77.5 Å². The van der Waals surface area contributed by atoms with Crippen molar-refractivity contribution in [3.05, 3.63) is 39.9 Å². The van der Waals surface area contributed by atoms with Gasteiger partial charge in [-0.15, -0.1) is 11.3 Å². The number of esters is 1. The predicted octanol–water partition coefficient (Wildman–Crippen LogP) is 3.22. The number of amides is 1. The number of thiazole rings is 1. The highest BCUT2D eigenvalue weighted by Crippen LogP contribution is 2.29. The molecule has 1 aliphatic rings. The van der Waals surface area contributed by atoms with E-state index in [1.807, 2.05) is 12.1 Å². The van der Waals surface area contributed by atoms with Crippen molar-refractivity contribution in [1.29, 1.82) is 0 Å². The average molecular weight is 395 g/mol. The van der Waals surface area contributed by atoms with E-state index in [4.69, 9.17) is 21.1 Å². The van der Waals surface area contributed by atoms with Crippen LogP contribution in [-0.2, 0) is 14.3 Å². The van der Waals surface area contributed by atoms with Crippen molar-refractivity contribution in [2.75, 3.05) is 19.8 Å². The fraction of sp³-hybridized carbons (Fsp3) is 0.389. The molecule has 1 aromatic heterocycles. The lowest BCUT2D eigenvalue weighted by molar-refractivity contribution is -0.124. The lowest BCUT2D eigenvalue weighted by Crippen LogP contribution is -2.34. The second kappa shape index (κ2) is 8.62. The van der Waals surface area contributed by atoms with Crippen molar-refractivity contribution >= 4 is 34.8 Å². The zero-order valence-electron chi connectivity index (χ0n) is 14.3. The Bertz CT molecular complexity index is 802. The number of hydrogen-bond donors (Lipinski definition) is 1. The summed E-state index contributed by atoms with van der Waals surface area (Å²) in [5.41, 5.74) is 1.40. The minimum Gasteiger partial charge on any atom is -0.451 e. The molecule has 0 aliphatic carbocycles. The molecule has 1 amide bonds. The van der Waals surface area contributed by atoms with Gasteiger partial charge in [-0.05, 0) is 31.9 Å². The quantitative estimate of drug-likeness (QED) is 0.761. The molecular formula is C18H19ClN2O4S. The maximum absolute atomic E-state index is 12.3. The second-order valence-electron chi connectivity index (χ2n) is 5.96. The van der Waals surface area contributed by atoms with Gasteiger partial charge in [0.15, 0.2) is 6.61 Å². The summed E-state index contributed by atoms with van der Waals surface area (Å²) in [5, 5.41) is 4.00. The summed E-state index contributed by atoms with van der Waals surface area (Å²) in [6.45, 7) is 2.58. The molecule has 1 aromatic carbocycles. The first-order valence-electron chi connectivity index (χ1n) is 8.31. The molecule has 8 heteroatoms. The normalized spacial score (nSPS) is 16.5. The van der Waals surface area contributed by atoms with Gasteiger partial charge in [-0.2, -0.15) is 0 Å².